The predicted octanol–water partition coefficient (Wildman–Crippen LogP) is 19.1. The number of anilines is 6. The van der Waals surface area contributed by atoms with E-state index in [0.717, 1.165) is 73.0 Å². The molecule has 0 spiro atoms. The van der Waals surface area contributed by atoms with E-state index in [4.69, 9.17) is 0 Å². The summed E-state index contributed by atoms with van der Waals surface area (Å²) < 4.78 is 7.23. The first kappa shape index (κ1) is 42.6. The van der Waals surface area contributed by atoms with Crippen LogP contribution < -0.4 is 9.80 Å². The Morgan fingerprint density at radius 1 is 0.200 bits per heavy atom. The highest BCUT2D eigenvalue weighted by molar-refractivity contribution is 6.15. The van der Waals surface area contributed by atoms with Gasteiger partial charge < -0.3 is 23.5 Å². The average Bonchev–Trinajstić information content (AvgIpc) is 4.12. The number of hydrogen-bond acceptors (Lipinski definition) is 2. The molecule has 15 rings (SSSR count). The fraction of sp³-hybridized carbons (Fsp3) is 0. The molecule has 0 unspecified atom stereocenters. The summed E-state index contributed by atoms with van der Waals surface area (Å²) in [6.07, 6.45) is 0. The maximum atomic E-state index is 2.47. The summed E-state index contributed by atoms with van der Waals surface area (Å²) in [6, 6.07) is 104. The molecule has 0 aliphatic heterocycles. The van der Waals surface area contributed by atoms with Crippen LogP contribution in [0.4, 0.5) is 34.1 Å². The number of hydrogen-bond donors (Lipinski definition) is 0. The Labute approximate surface area is 433 Å². The second-order valence-electron chi connectivity index (χ2n) is 19.4. The third kappa shape index (κ3) is 6.86. The lowest BCUT2D eigenvalue weighted by molar-refractivity contribution is 1.18. The quantitative estimate of drug-likeness (QED) is 0.144. The molecule has 0 aliphatic carbocycles. The predicted molar refractivity (Wildman–Crippen MR) is 316 cm³/mol. The van der Waals surface area contributed by atoms with Crippen LogP contribution in [0.3, 0.4) is 0 Å². The van der Waals surface area contributed by atoms with Crippen molar-refractivity contribution in [1.29, 1.82) is 0 Å². The molecule has 3 aromatic heterocycles. The van der Waals surface area contributed by atoms with Crippen LogP contribution >= 0.6 is 0 Å². The Balaban J connectivity index is 0.962. The van der Waals surface area contributed by atoms with Crippen LogP contribution in [-0.4, -0.2) is 13.7 Å². The minimum absolute atomic E-state index is 1.07. The molecule has 0 amide bonds. The minimum Gasteiger partial charge on any atom is -0.310 e. The molecule has 0 saturated carbocycles. The van der Waals surface area contributed by atoms with E-state index in [1.54, 1.807) is 0 Å². The number of para-hydroxylation sites is 6. The van der Waals surface area contributed by atoms with Gasteiger partial charge in [-0.15, -0.1) is 0 Å². The van der Waals surface area contributed by atoms with Gasteiger partial charge in [-0.05, 0) is 145 Å². The number of rotatable bonds is 9. The van der Waals surface area contributed by atoms with Gasteiger partial charge in [-0.1, -0.05) is 146 Å². The Morgan fingerprint density at radius 3 is 0.960 bits per heavy atom. The Hall–Kier alpha value is -10.1. The Bertz CT molecular complexity index is 4380. The van der Waals surface area contributed by atoms with Crippen LogP contribution in [0.5, 0.6) is 0 Å². The van der Waals surface area contributed by atoms with Crippen molar-refractivity contribution in [3.05, 3.63) is 285 Å². The van der Waals surface area contributed by atoms with Crippen LogP contribution in [0.2, 0.25) is 0 Å². The van der Waals surface area contributed by atoms with E-state index in [-0.39, 0.29) is 0 Å². The number of aromatic nitrogens is 3. The molecule has 0 bridgehead atoms. The average molecular weight is 958 g/mol. The zero-order chi connectivity index (χ0) is 49.4. The van der Waals surface area contributed by atoms with E-state index in [9.17, 15) is 0 Å². The summed E-state index contributed by atoms with van der Waals surface area (Å²) >= 11 is 0. The molecule has 5 nitrogen and oxygen atoms in total. The highest BCUT2D eigenvalue weighted by Crippen LogP contribution is 2.46. The van der Waals surface area contributed by atoms with E-state index < -0.39 is 0 Å². The third-order valence-corrected chi connectivity index (χ3v) is 15.1. The van der Waals surface area contributed by atoms with Crippen LogP contribution in [0.25, 0.3) is 93.3 Å². The van der Waals surface area contributed by atoms with Crippen molar-refractivity contribution < 1.29 is 0 Å². The van der Waals surface area contributed by atoms with E-state index in [1.807, 2.05) is 0 Å². The van der Waals surface area contributed by atoms with Gasteiger partial charge in [0.15, 0.2) is 0 Å². The molecule has 75 heavy (non-hydrogen) atoms. The molecule has 0 fully saturated rings. The van der Waals surface area contributed by atoms with Crippen molar-refractivity contribution in [2.24, 2.45) is 0 Å². The van der Waals surface area contributed by atoms with Gasteiger partial charge in [0.25, 0.3) is 0 Å². The monoisotopic (exact) mass is 957 g/mol. The normalized spacial score (nSPS) is 11.7. The maximum absolute atomic E-state index is 2.47. The topological polar surface area (TPSA) is 21.3 Å². The summed E-state index contributed by atoms with van der Waals surface area (Å²) in [5.41, 5.74) is 16.9. The minimum atomic E-state index is 1.07. The largest absolute Gasteiger partial charge is 0.310 e. The smallest absolute Gasteiger partial charge is 0.0542 e. The molecule has 0 aliphatic rings. The van der Waals surface area contributed by atoms with Crippen molar-refractivity contribution in [2.75, 3.05) is 9.80 Å². The molecule has 5 heteroatoms. The van der Waals surface area contributed by atoms with Crippen molar-refractivity contribution in [2.45, 2.75) is 0 Å². The maximum Gasteiger partial charge on any atom is 0.0542 e. The fourth-order valence-electron chi connectivity index (χ4n) is 11.9. The lowest BCUT2D eigenvalue weighted by Crippen LogP contribution is -2.10. The molecular formula is C70H47N5. The zero-order valence-electron chi connectivity index (χ0n) is 40.9. The first-order valence-corrected chi connectivity index (χ1v) is 25.7. The van der Waals surface area contributed by atoms with Crippen molar-refractivity contribution in [3.63, 3.8) is 0 Å². The van der Waals surface area contributed by atoms with Gasteiger partial charge in [-0.3, -0.25) is 0 Å². The standard InChI is InChI=1S/C70H47N5/c1-5-22-49(23-6-1)71(53-36-40-67-60(44-53)58-31-15-17-33-65(58)73(67)51-26-9-3-10-27-51)55-38-42-69-62(46-55)63-47-56(39-43-70(63)75(69)64-35-19-21-48-20-13-14-30-57(48)64)72(50-24-7-2-8-25-50)54-37-41-68-61(45-54)59-32-16-18-34-66(59)74(68)52-28-11-4-12-29-52/h1-47H. The van der Waals surface area contributed by atoms with E-state index in [0.29, 0.717) is 0 Å². The van der Waals surface area contributed by atoms with Gasteiger partial charge in [0.2, 0.25) is 0 Å². The molecule has 0 N–H and O–H groups in total. The van der Waals surface area contributed by atoms with Gasteiger partial charge >= 0.3 is 0 Å². The third-order valence-electron chi connectivity index (χ3n) is 15.1. The SMILES string of the molecule is c1ccc(N(c2ccc3c(c2)c2ccccc2n3-c2ccccc2)c2ccc3c(c2)c2cc(N(c4ccccc4)c4ccc5c(c4)c4ccccc4n5-c4ccccc4)ccc2n3-c2cccc3ccccc23)cc1. The van der Waals surface area contributed by atoms with Crippen LogP contribution in [0.15, 0.2) is 285 Å². The van der Waals surface area contributed by atoms with Crippen LogP contribution in [0.1, 0.15) is 0 Å². The Morgan fingerprint density at radius 2 is 0.520 bits per heavy atom. The van der Waals surface area contributed by atoms with Crippen LogP contribution in [-0.2, 0) is 0 Å². The summed E-state index contributed by atoms with van der Waals surface area (Å²) in [5.74, 6) is 0. The van der Waals surface area contributed by atoms with Gasteiger partial charge in [-0.25, -0.2) is 0 Å². The van der Waals surface area contributed by atoms with E-state index in [2.05, 4.69) is 309 Å². The van der Waals surface area contributed by atoms with Crippen molar-refractivity contribution >= 4 is 110 Å². The highest BCUT2D eigenvalue weighted by Gasteiger charge is 2.23. The van der Waals surface area contributed by atoms with Crippen LogP contribution in [0, 0.1) is 0 Å². The van der Waals surface area contributed by atoms with Crippen molar-refractivity contribution in [3.8, 4) is 17.1 Å². The highest BCUT2D eigenvalue weighted by atomic mass is 15.2. The second kappa shape index (κ2) is 17.3. The zero-order valence-corrected chi connectivity index (χ0v) is 40.9. The fourth-order valence-corrected chi connectivity index (χ4v) is 11.9. The number of nitrogens with zero attached hydrogens (tertiary/aromatic N) is 5. The molecule has 0 radical (unpaired) electrons. The lowest BCUT2D eigenvalue weighted by Gasteiger charge is -2.26. The van der Waals surface area contributed by atoms with E-state index in [1.165, 1.54) is 54.4 Å². The molecule has 15 aromatic rings. The molecule has 352 valence electrons. The first-order chi connectivity index (χ1) is 37.2. The molecule has 0 saturated heterocycles. The lowest BCUT2D eigenvalue weighted by atomic mass is 10.1. The molecule has 3 heterocycles. The summed E-state index contributed by atoms with van der Waals surface area (Å²) in [7, 11) is 0. The number of fused-ring (bicyclic) bond motifs is 10. The molecule has 12 aromatic carbocycles. The van der Waals surface area contributed by atoms with Gasteiger partial charge in [0.05, 0.1) is 38.8 Å². The van der Waals surface area contributed by atoms with Gasteiger partial charge in [0, 0.05) is 83.2 Å². The van der Waals surface area contributed by atoms with Crippen molar-refractivity contribution in [1.82, 2.24) is 13.7 Å². The molecule has 0 atom stereocenters. The summed E-state index contributed by atoms with van der Waals surface area (Å²) in [6.45, 7) is 0. The Kier molecular flexibility index (Phi) is 9.82. The summed E-state index contributed by atoms with van der Waals surface area (Å²) in [5, 5.41) is 9.58. The number of benzene rings is 12. The first-order valence-electron chi connectivity index (χ1n) is 25.7. The summed E-state index contributed by atoms with van der Waals surface area (Å²) in [4.78, 5) is 4.83. The van der Waals surface area contributed by atoms with Gasteiger partial charge in [-0.2, -0.15) is 0 Å². The second-order valence-corrected chi connectivity index (χ2v) is 19.4. The molecular weight excluding hydrogens is 911 g/mol. The van der Waals surface area contributed by atoms with Gasteiger partial charge in [0.1, 0.15) is 0 Å². The van der Waals surface area contributed by atoms with E-state index >= 15 is 0 Å².